The van der Waals surface area contributed by atoms with Gasteiger partial charge in [0.2, 0.25) is 0 Å². The van der Waals surface area contributed by atoms with E-state index < -0.39 is 0 Å². The fourth-order valence-corrected chi connectivity index (χ4v) is 0.932. The van der Waals surface area contributed by atoms with E-state index in [9.17, 15) is 0 Å². The van der Waals surface area contributed by atoms with Crippen LogP contribution in [0.4, 0.5) is 5.82 Å². The van der Waals surface area contributed by atoms with E-state index in [0.717, 1.165) is 12.0 Å². The molecule has 1 aromatic heterocycles. The van der Waals surface area contributed by atoms with E-state index in [4.69, 9.17) is 11.5 Å². The zero-order valence-electron chi connectivity index (χ0n) is 6.62. The third-order valence-corrected chi connectivity index (χ3v) is 1.67. The number of hydrogen-bond acceptors (Lipinski definition) is 3. The van der Waals surface area contributed by atoms with Crippen molar-refractivity contribution in [2.45, 2.75) is 19.4 Å². The molecule has 1 rings (SSSR count). The molecule has 1 atom stereocenters. The minimum atomic E-state index is 0.0836. The topological polar surface area (TPSA) is 64.9 Å². The first kappa shape index (κ1) is 8.01. The number of aromatic nitrogens is 1. The summed E-state index contributed by atoms with van der Waals surface area (Å²) >= 11 is 0. The SMILES string of the molecule is CCC(N)c1ccnc(N)c1. The molecule has 0 saturated heterocycles. The molecule has 0 fully saturated rings. The first-order valence-electron chi connectivity index (χ1n) is 3.71. The lowest BCUT2D eigenvalue weighted by Crippen LogP contribution is -2.09. The van der Waals surface area contributed by atoms with Crippen molar-refractivity contribution in [2.75, 3.05) is 5.73 Å². The summed E-state index contributed by atoms with van der Waals surface area (Å²) in [5.41, 5.74) is 12.3. The molecule has 0 amide bonds. The summed E-state index contributed by atoms with van der Waals surface area (Å²) in [6.45, 7) is 2.04. The maximum atomic E-state index is 5.78. The smallest absolute Gasteiger partial charge is 0.123 e. The van der Waals surface area contributed by atoms with E-state index in [1.54, 1.807) is 6.20 Å². The molecular weight excluding hydrogens is 138 g/mol. The van der Waals surface area contributed by atoms with Gasteiger partial charge < -0.3 is 11.5 Å². The zero-order chi connectivity index (χ0) is 8.27. The molecule has 0 aliphatic rings. The van der Waals surface area contributed by atoms with Crippen molar-refractivity contribution in [2.24, 2.45) is 5.73 Å². The van der Waals surface area contributed by atoms with E-state index in [0.29, 0.717) is 5.82 Å². The number of pyridine rings is 1. The van der Waals surface area contributed by atoms with Crippen LogP contribution in [0.2, 0.25) is 0 Å². The molecule has 11 heavy (non-hydrogen) atoms. The maximum absolute atomic E-state index is 5.78. The van der Waals surface area contributed by atoms with Gasteiger partial charge in [0.05, 0.1) is 0 Å². The predicted octanol–water partition coefficient (Wildman–Crippen LogP) is 1.07. The molecule has 1 heterocycles. The highest BCUT2D eigenvalue weighted by Gasteiger charge is 2.02. The average molecular weight is 151 g/mol. The Morgan fingerprint density at radius 3 is 2.91 bits per heavy atom. The zero-order valence-corrected chi connectivity index (χ0v) is 6.62. The average Bonchev–Trinajstić information content (AvgIpc) is 2.03. The number of anilines is 1. The van der Waals surface area contributed by atoms with Gasteiger partial charge in [-0.25, -0.2) is 4.98 Å². The summed E-state index contributed by atoms with van der Waals surface area (Å²) in [6, 6.07) is 3.79. The Balaban J connectivity index is 2.86. The lowest BCUT2D eigenvalue weighted by Gasteiger charge is -2.08. The molecule has 3 heteroatoms. The van der Waals surface area contributed by atoms with Gasteiger partial charge in [0.15, 0.2) is 0 Å². The molecular formula is C8H13N3. The minimum Gasteiger partial charge on any atom is -0.384 e. The molecule has 1 aromatic rings. The largest absolute Gasteiger partial charge is 0.384 e. The molecule has 0 aromatic carbocycles. The number of nitrogens with two attached hydrogens (primary N) is 2. The van der Waals surface area contributed by atoms with Gasteiger partial charge >= 0.3 is 0 Å². The van der Waals surface area contributed by atoms with Crippen molar-refractivity contribution in [1.29, 1.82) is 0 Å². The van der Waals surface area contributed by atoms with Crippen LogP contribution in [0.15, 0.2) is 18.3 Å². The Bertz CT molecular complexity index is 235. The van der Waals surface area contributed by atoms with Gasteiger partial charge in [0, 0.05) is 12.2 Å². The summed E-state index contributed by atoms with van der Waals surface area (Å²) < 4.78 is 0. The van der Waals surface area contributed by atoms with Crippen molar-refractivity contribution < 1.29 is 0 Å². The number of nitrogen functional groups attached to an aromatic ring is 1. The highest BCUT2D eigenvalue weighted by Crippen LogP contribution is 2.13. The monoisotopic (exact) mass is 151 g/mol. The van der Waals surface area contributed by atoms with Crippen molar-refractivity contribution in [1.82, 2.24) is 4.98 Å². The molecule has 0 radical (unpaired) electrons. The van der Waals surface area contributed by atoms with Crippen molar-refractivity contribution in [3.63, 3.8) is 0 Å². The molecule has 0 bridgehead atoms. The Morgan fingerprint density at radius 2 is 2.36 bits per heavy atom. The van der Waals surface area contributed by atoms with Gasteiger partial charge in [0.25, 0.3) is 0 Å². The van der Waals surface area contributed by atoms with E-state index >= 15 is 0 Å². The van der Waals surface area contributed by atoms with Gasteiger partial charge in [-0.3, -0.25) is 0 Å². The summed E-state index contributed by atoms with van der Waals surface area (Å²) in [7, 11) is 0. The summed E-state index contributed by atoms with van der Waals surface area (Å²) in [5.74, 6) is 0.534. The number of rotatable bonds is 2. The van der Waals surface area contributed by atoms with E-state index in [1.165, 1.54) is 0 Å². The van der Waals surface area contributed by atoms with Crippen LogP contribution in [0.5, 0.6) is 0 Å². The second-order valence-electron chi connectivity index (χ2n) is 2.53. The Kier molecular flexibility index (Phi) is 2.44. The van der Waals surface area contributed by atoms with Crippen molar-refractivity contribution in [3.8, 4) is 0 Å². The van der Waals surface area contributed by atoms with E-state index in [2.05, 4.69) is 4.98 Å². The predicted molar refractivity (Wildman–Crippen MR) is 45.9 cm³/mol. The van der Waals surface area contributed by atoms with Gasteiger partial charge in [-0.15, -0.1) is 0 Å². The van der Waals surface area contributed by atoms with Crippen LogP contribution in [0.1, 0.15) is 24.9 Å². The first-order valence-corrected chi connectivity index (χ1v) is 3.71. The standard InChI is InChI=1S/C8H13N3/c1-2-7(9)6-3-4-11-8(10)5-6/h3-5,7H,2,9H2,1H3,(H2,10,11). The summed E-state index contributed by atoms with van der Waals surface area (Å²) in [6.07, 6.45) is 2.60. The molecule has 4 N–H and O–H groups in total. The normalized spacial score (nSPS) is 12.9. The van der Waals surface area contributed by atoms with Crippen LogP contribution in [-0.2, 0) is 0 Å². The molecule has 0 saturated carbocycles. The van der Waals surface area contributed by atoms with E-state index in [1.807, 2.05) is 19.1 Å². The van der Waals surface area contributed by atoms with Gasteiger partial charge in [-0.2, -0.15) is 0 Å². The first-order chi connectivity index (χ1) is 5.24. The molecule has 0 aliphatic carbocycles. The second kappa shape index (κ2) is 3.34. The maximum Gasteiger partial charge on any atom is 0.123 e. The fraction of sp³-hybridized carbons (Fsp3) is 0.375. The van der Waals surface area contributed by atoms with Gasteiger partial charge in [0.1, 0.15) is 5.82 Å². The number of hydrogen-bond donors (Lipinski definition) is 2. The lowest BCUT2D eigenvalue weighted by atomic mass is 10.1. The Labute approximate surface area is 66.4 Å². The minimum absolute atomic E-state index is 0.0836. The third-order valence-electron chi connectivity index (χ3n) is 1.67. The quantitative estimate of drug-likeness (QED) is 0.664. The van der Waals surface area contributed by atoms with Crippen LogP contribution in [0.25, 0.3) is 0 Å². The number of nitrogens with zero attached hydrogens (tertiary/aromatic N) is 1. The van der Waals surface area contributed by atoms with Gasteiger partial charge in [-0.1, -0.05) is 6.92 Å². The van der Waals surface area contributed by atoms with Crippen LogP contribution >= 0.6 is 0 Å². The van der Waals surface area contributed by atoms with Crippen molar-refractivity contribution in [3.05, 3.63) is 23.9 Å². The second-order valence-corrected chi connectivity index (χ2v) is 2.53. The lowest BCUT2D eigenvalue weighted by molar-refractivity contribution is 0.698. The third kappa shape index (κ3) is 1.91. The highest BCUT2D eigenvalue weighted by atomic mass is 14.8. The molecule has 1 unspecified atom stereocenters. The Morgan fingerprint density at radius 1 is 1.64 bits per heavy atom. The fourth-order valence-electron chi connectivity index (χ4n) is 0.932. The van der Waals surface area contributed by atoms with Crippen LogP contribution in [0, 0.1) is 0 Å². The molecule has 0 spiro atoms. The Hall–Kier alpha value is -1.09. The highest BCUT2D eigenvalue weighted by molar-refractivity contribution is 5.33. The van der Waals surface area contributed by atoms with Gasteiger partial charge in [-0.05, 0) is 24.1 Å². The van der Waals surface area contributed by atoms with E-state index in [-0.39, 0.29) is 6.04 Å². The molecule has 0 aliphatic heterocycles. The van der Waals surface area contributed by atoms with Crippen LogP contribution < -0.4 is 11.5 Å². The van der Waals surface area contributed by atoms with Crippen LogP contribution in [-0.4, -0.2) is 4.98 Å². The van der Waals surface area contributed by atoms with Crippen molar-refractivity contribution >= 4 is 5.82 Å². The molecule has 60 valence electrons. The summed E-state index contributed by atoms with van der Waals surface area (Å²) in [5, 5.41) is 0. The molecule has 3 nitrogen and oxygen atoms in total. The summed E-state index contributed by atoms with van der Waals surface area (Å²) in [4.78, 5) is 3.88. The van der Waals surface area contributed by atoms with Crippen LogP contribution in [0.3, 0.4) is 0 Å².